The first kappa shape index (κ1) is 15.1. The fourth-order valence-corrected chi connectivity index (χ4v) is 2.95. The van der Waals surface area contributed by atoms with Gasteiger partial charge in [-0.2, -0.15) is 0 Å². The third-order valence-corrected chi connectivity index (χ3v) is 4.25. The highest BCUT2D eigenvalue weighted by Crippen LogP contribution is 2.30. The van der Waals surface area contributed by atoms with E-state index in [4.69, 9.17) is 4.74 Å². The van der Waals surface area contributed by atoms with Crippen LogP contribution in [0.1, 0.15) is 12.5 Å². The van der Waals surface area contributed by atoms with E-state index in [2.05, 4.69) is 15.9 Å². The summed E-state index contributed by atoms with van der Waals surface area (Å²) in [5.74, 6) is -0.0409. The highest BCUT2D eigenvalue weighted by molar-refractivity contribution is 9.10. The summed E-state index contributed by atoms with van der Waals surface area (Å²) >= 11 is 4.74. The summed E-state index contributed by atoms with van der Waals surface area (Å²) < 4.78 is 5.87. The Morgan fingerprint density at radius 2 is 2.15 bits per heavy atom. The molecule has 20 heavy (non-hydrogen) atoms. The van der Waals surface area contributed by atoms with Crippen LogP contribution in [-0.4, -0.2) is 29.1 Å². The predicted octanol–water partition coefficient (Wildman–Crippen LogP) is 2.93. The van der Waals surface area contributed by atoms with E-state index in [0.717, 1.165) is 10.0 Å². The molecule has 0 N–H and O–H groups in total. The number of carbonyl (C=O) groups excluding carboxylic acids is 2. The molecule has 2 rings (SSSR count). The van der Waals surface area contributed by atoms with Gasteiger partial charge in [0.25, 0.3) is 0 Å². The van der Waals surface area contributed by atoms with E-state index >= 15 is 0 Å². The van der Waals surface area contributed by atoms with Crippen LogP contribution < -0.4 is 0 Å². The number of halogens is 1. The lowest BCUT2D eigenvalue weighted by atomic mass is 10.2. The number of amides is 1. The second kappa shape index (κ2) is 6.95. The number of hydrogen-bond acceptors (Lipinski definition) is 4. The zero-order valence-corrected chi connectivity index (χ0v) is 13.4. The maximum atomic E-state index is 11.9. The monoisotopic (exact) mass is 355 g/mol. The minimum absolute atomic E-state index is 0.00784. The van der Waals surface area contributed by atoms with E-state index in [-0.39, 0.29) is 5.91 Å². The van der Waals surface area contributed by atoms with Gasteiger partial charge in [-0.1, -0.05) is 39.8 Å². The van der Waals surface area contributed by atoms with Gasteiger partial charge in [0.2, 0.25) is 5.91 Å². The van der Waals surface area contributed by atoms with E-state index < -0.39 is 5.97 Å². The van der Waals surface area contributed by atoms with Crippen LogP contribution in [0.15, 0.2) is 39.8 Å². The lowest BCUT2D eigenvalue weighted by Gasteiger charge is -2.17. The maximum absolute atomic E-state index is 11.9. The quantitative estimate of drug-likeness (QED) is 0.615. The zero-order chi connectivity index (χ0) is 14.5. The molecular weight excluding hydrogens is 342 g/mol. The molecular formula is C14H14BrNO3S. The number of carbonyl (C=O) groups is 2. The smallest absolute Gasteiger partial charge is 0.333 e. The first-order valence-corrected chi connectivity index (χ1v) is 7.94. The molecule has 4 nitrogen and oxygen atoms in total. The lowest BCUT2D eigenvalue weighted by molar-refractivity contribution is -0.137. The first-order valence-electron chi connectivity index (χ1n) is 6.16. The highest BCUT2D eigenvalue weighted by Gasteiger charge is 2.27. The van der Waals surface area contributed by atoms with Crippen LogP contribution in [0.5, 0.6) is 0 Å². The van der Waals surface area contributed by atoms with Crippen molar-refractivity contribution in [3.8, 4) is 0 Å². The van der Waals surface area contributed by atoms with Gasteiger partial charge in [0.05, 0.1) is 30.0 Å². The molecule has 0 spiro atoms. The van der Waals surface area contributed by atoms with E-state index in [9.17, 15) is 9.59 Å². The molecule has 0 aliphatic carbocycles. The Hall–Kier alpha value is -1.27. The van der Waals surface area contributed by atoms with Crippen molar-refractivity contribution in [2.45, 2.75) is 13.5 Å². The Morgan fingerprint density at radius 3 is 2.80 bits per heavy atom. The van der Waals surface area contributed by atoms with Crippen LogP contribution in [-0.2, 0) is 20.9 Å². The molecule has 106 valence electrons. The summed E-state index contributed by atoms with van der Waals surface area (Å²) in [5, 5.41) is 0.649. The molecule has 1 amide bonds. The fourth-order valence-electron chi connectivity index (χ4n) is 1.76. The molecule has 1 aliphatic rings. The Bertz CT molecular complexity index is 542. The predicted molar refractivity (Wildman–Crippen MR) is 81.9 cm³/mol. The lowest BCUT2D eigenvalue weighted by Crippen LogP contribution is -2.24. The normalized spacial score (nSPS) is 16.8. The zero-order valence-electron chi connectivity index (χ0n) is 11.0. The first-order chi connectivity index (χ1) is 9.60. The van der Waals surface area contributed by atoms with E-state index in [0.29, 0.717) is 23.9 Å². The number of hydrogen-bond donors (Lipinski definition) is 0. The molecule has 0 saturated carbocycles. The fraction of sp³-hybridized carbons (Fsp3) is 0.286. The van der Waals surface area contributed by atoms with Crippen molar-refractivity contribution >= 4 is 39.6 Å². The number of rotatable bonds is 4. The summed E-state index contributed by atoms with van der Waals surface area (Å²) in [6.07, 6.45) is 1.39. The molecule has 1 heterocycles. The SMILES string of the molecule is CCOC(=O)/C=C1/SCC(=O)N1Cc1ccc(Br)cc1. The van der Waals surface area contributed by atoms with Gasteiger partial charge in [0.1, 0.15) is 0 Å². The van der Waals surface area contributed by atoms with Gasteiger partial charge in [0, 0.05) is 4.47 Å². The minimum atomic E-state index is -0.412. The molecule has 6 heteroatoms. The van der Waals surface area contributed by atoms with Crippen molar-refractivity contribution in [2.24, 2.45) is 0 Å². The molecule has 0 aromatic heterocycles. The summed E-state index contributed by atoms with van der Waals surface area (Å²) in [5.41, 5.74) is 1.01. The topological polar surface area (TPSA) is 46.6 Å². The largest absolute Gasteiger partial charge is 0.463 e. The number of nitrogens with zero attached hydrogens (tertiary/aromatic N) is 1. The van der Waals surface area contributed by atoms with Crippen LogP contribution in [0.4, 0.5) is 0 Å². The highest BCUT2D eigenvalue weighted by atomic mass is 79.9. The van der Waals surface area contributed by atoms with Crippen molar-refractivity contribution in [3.63, 3.8) is 0 Å². The van der Waals surface area contributed by atoms with Crippen molar-refractivity contribution in [3.05, 3.63) is 45.4 Å². The third-order valence-electron chi connectivity index (χ3n) is 2.69. The Labute approximate surface area is 130 Å². The second-order valence-corrected chi connectivity index (χ2v) is 6.04. The minimum Gasteiger partial charge on any atom is -0.463 e. The van der Waals surface area contributed by atoms with Crippen LogP contribution in [0.2, 0.25) is 0 Å². The molecule has 1 saturated heterocycles. The van der Waals surface area contributed by atoms with Crippen LogP contribution in [0.3, 0.4) is 0 Å². The van der Waals surface area contributed by atoms with Gasteiger partial charge in [-0.3, -0.25) is 4.79 Å². The average Bonchev–Trinajstić information content (AvgIpc) is 2.74. The number of benzene rings is 1. The molecule has 1 fully saturated rings. The van der Waals surface area contributed by atoms with E-state index in [1.54, 1.807) is 11.8 Å². The van der Waals surface area contributed by atoms with Gasteiger partial charge < -0.3 is 9.64 Å². The summed E-state index contributed by atoms with van der Waals surface area (Å²) in [4.78, 5) is 25.0. The Kier molecular flexibility index (Phi) is 5.25. The van der Waals surface area contributed by atoms with Crippen molar-refractivity contribution in [2.75, 3.05) is 12.4 Å². The van der Waals surface area contributed by atoms with Gasteiger partial charge >= 0.3 is 5.97 Å². The van der Waals surface area contributed by atoms with Gasteiger partial charge in [-0.05, 0) is 24.6 Å². The molecule has 0 radical (unpaired) electrons. The molecule has 1 aliphatic heterocycles. The number of esters is 1. The van der Waals surface area contributed by atoms with Gasteiger partial charge in [-0.25, -0.2) is 4.79 Å². The van der Waals surface area contributed by atoms with Crippen molar-refractivity contribution in [1.29, 1.82) is 0 Å². The van der Waals surface area contributed by atoms with Gasteiger partial charge in [0.15, 0.2) is 0 Å². The summed E-state index contributed by atoms with van der Waals surface area (Å²) in [6, 6.07) is 7.75. The van der Waals surface area contributed by atoms with Crippen molar-refractivity contribution < 1.29 is 14.3 Å². The van der Waals surface area contributed by atoms with E-state index in [1.165, 1.54) is 17.8 Å². The molecule has 0 atom stereocenters. The van der Waals surface area contributed by atoms with Gasteiger partial charge in [-0.15, -0.1) is 0 Å². The average molecular weight is 356 g/mol. The Morgan fingerprint density at radius 1 is 1.45 bits per heavy atom. The third kappa shape index (κ3) is 3.86. The summed E-state index contributed by atoms with van der Waals surface area (Å²) in [7, 11) is 0. The summed E-state index contributed by atoms with van der Waals surface area (Å²) in [6.45, 7) is 2.54. The van der Waals surface area contributed by atoms with Crippen LogP contribution >= 0.6 is 27.7 Å². The number of thioether (sulfide) groups is 1. The second-order valence-electron chi connectivity index (χ2n) is 4.13. The molecule has 1 aromatic carbocycles. The van der Waals surface area contributed by atoms with E-state index in [1.807, 2.05) is 24.3 Å². The standard InChI is InChI=1S/C14H14BrNO3S/c1-2-19-14(18)7-13-16(12(17)9-20-13)8-10-3-5-11(15)6-4-10/h3-7H,2,8-9H2,1H3/b13-7+. The molecule has 0 unspecified atom stereocenters. The maximum Gasteiger partial charge on any atom is 0.333 e. The number of ether oxygens (including phenoxy) is 1. The van der Waals surface area contributed by atoms with Crippen LogP contribution in [0.25, 0.3) is 0 Å². The van der Waals surface area contributed by atoms with Crippen molar-refractivity contribution in [1.82, 2.24) is 4.90 Å². The molecule has 0 bridgehead atoms. The molecule has 1 aromatic rings. The van der Waals surface area contributed by atoms with Crippen LogP contribution in [0, 0.1) is 0 Å². The Balaban J connectivity index is 2.12.